The van der Waals surface area contributed by atoms with E-state index in [9.17, 15) is 4.79 Å². The number of hydrogen-bond donors (Lipinski definition) is 0. The molecule has 0 radical (unpaired) electrons. The topological polar surface area (TPSA) is 44.1 Å². The van der Waals surface area contributed by atoms with Crippen molar-refractivity contribution in [2.45, 2.75) is 26.4 Å². The molecular weight excluding hydrogens is 360 g/mol. The first-order valence-corrected chi connectivity index (χ1v) is 9.80. The molecule has 29 heavy (non-hydrogen) atoms. The normalized spacial score (nSPS) is 11.2. The molecule has 0 N–H and O–H groups in total. The van der Waals surface area contributed by atoms with E-state index in [0.717, 1.165) is 33.5 Å². The highest BCUT2D eigenvalue weighted by Gasteiger charge is 2.24. The molecule has 0 aliphatic heterocycles. The van der Waals surface area contributed by atoms with Crippen LogP contribution in [-0.4, -0.2) is 15.3 Å². The molecule has 2 heterocycles. The number of nitrogens with zero attached hydrogens (tertiary/aromatic N) is 2. The van der Waals surface area contributed by atoms with Gasteiger partial charge in [0, 0.05) is 29.9 Å². The molecule has 0 atom stereocenters. The standard InChI is InChI=1S/C25H24N2O2/c1-17(2)24-23(21-13-14-26-15-22(21)27(24)3)25(28)19-9-11-20(12-10-19)29-16-18-7-5-4-6-8-18/h4-15,17H,16H2,1-3H3. The van der Waals surface area contributed by atoms with E-state index >= 15 is 0 Å². The van der Waals surface area contributed by atoms with Crippen LogP contribution < -0.4 is 4.74 Å². The van der Waals surface area contributed by atoms with Gasteiger partial charge < -0.3 is 9.30 Å². The Morgan fingerprint density at radius 2 is 1.76 bits per heavy atom. The summed E-state index contributed by atoms with van der Waals surface area (Å²) < 4.78 is 7.93. The summed E-state index contributed by atoms with van der Waals surface area (Å²) in [5, 5.41) is 0.945. The second kappa shape index (κ2) is 7.92. The van der Waals surface area contributed by atoms with Crippen LogP contribution in [0, 0.1) is 0 Å². The Bertz CT molecular complexity index is 1140. The zero-order chi connectivity index (χ0) is 20.4. The van der Waals surface area contributed by atoms with Gasteiger partial charge in [-0.15, -0.1) is 0 Å². The molecule has 4 aromatic rings. The number of ketones is 1. The van der Waals surface area contributed by atoms with Crippen LogP contribution in [-0.2, 0) is 13.7 Å². The monoisotopic (exact) mass is 384 g/mol. The summed E-state index contributed by atoms with van der Waals surface area (Å²) >= 11 is 0. The molecule has 0 spiro atoms. The van der Waals surface area contributed by atoms with Crippen molar-refractivity contribution in [3.05, 3.63) is 95.4 Å². The lowest BCUT2D eigenvalue weighted by atomic mass is 9.96. The van der Waals surface area contributed by atoms with Gasteiger partial charge in [0.25, 0.3) is 0 Å². The average molecular weight is 384 g/mol. The molecule has 0 bridgehead atoms. The molecule has 4 nitrogen and oxygen atoms in total. The first-order chi connectivity index (χ1) is 14.1. The highest BCUT2D eigenvalue weighted by molar-refractivity contribution is 6.17. The minimum absolute atomic E-state index is 0.0279. The number of benzene rings is 2. The number of carbonyl (C=O) groups excluding carboxylic acids is 1. The van der Waals surface area contributed by atoms with Gasteiger partial charge in [-0.2, -0.15) is 0 Å². The average Bonchev–Trinajstić information content (AvgIpc) is 3.06. The van der Waals surface area contributed by atoms with Crippen molar-refractivity contribution in [1.29, 1.82) is 0 Å². The largest absolute Gasteiger partial charge is 0.489 e. The van der Waals surface area contributed by atoms with Crippen LogP contribution in [0.1, 0.15) is 46.9 Å². The van der Waals surface area contributed by atoms with E-state index in [1.165, 1.54) is 0 Å². The highest BCUT2D eigenvalue weighted by atomic mass is 16.5. The molecule has 0 unspecified atom stereocenters. The van der Waals surface area contributed by atoms with Crippen LogP contribution in [0.2, 0.25) is 0 Å². The van der Waals surface area contributed by atoms with Crippen molar-refractivity contribution >= 4 is 16.7 Å². The summed E-state index contributed by atoms with van der Waals surface area (Å²) in [6.07, 6.45) is 3.56. The van der Waals surface area contributed by atoms with Crippen LogP contribution in [0.25, 0.3) is 10.9 Å². The first kappa shape index (κ1) is 18.9. The lowest BCUT2D eigenvalue weighted by Gasteiger charge is -2.11. The van der Waals surface area contributed by atoms with Crippen LogP contribution in [0.15, 0.2) is 73.1 Å². The van der Waals surface area contributed by atoms with Gasteiger partial charge in [-0.1, -0.05) is 44.2 Å². The fourth-order valence-corrected chi connectivity index (χ4v) is 3.80. The van der Waals surface area contributed by atoms with Crippen molar-refractivity contribution in [3.63, 3.8) is 0 Å². The third-order valence-electron chi connectivity index (χ3n) is 5.19. The number of fused-ring (bicyclic) bond motifs is 1. The molecule has 146 valence electrons. The Hall–Kier alpha value is -3.40. The Kier molecular flexibility index (Phi) is 5.17. The number of aromatic nitrogens is 2. The van der Waals surface area contributed by atoms with Gasteiger partial charge in [0.1, 0.15) is 12.4 Å². The minimum atomic E-state index is 0.0279. The number of rotatable bonds is 6. The summed E-state index contributed by atoms with van der Waals surface area (Å²) in [6.45, 7) is 4.72. The summed E-state index contributed by atoms with van der Waals surface area (Å²) in [5.74, 6) is 0.997. The van der Waals surface area contributed by atoms with Crippen LogP contribution in [0.5, 0.6) is 5.75 Å². The predicted octanol–water partition coefficient (Wildman–Crippen LogP) is 5.51. The van der Waals surface area contributed by atoms with E-state index in [0.29, 0.717) is 12.2 Å². The van der Waals surface area contributed by atoms with E-state index in [-0.39, 0.29) is 11.7 Å². The number of ether oxygens (including phenoxy) is 1. The van der Waals surface area contributed by atoms with Gasteiger partial charge in [0.05, 0.1) is 17.3 Å². The smallest absolute Gasteiger partial charge is 0.195 e. The van der Waals surface area contributed by atoms with Crippen LogP contribution in [0.3, 0.4) is 0 Å². The molecule has 2 aromatic carbocycles. The number of pyridine rings is 1. The Morgan fingerprint density at radius 3 is 2.45 bits per heavy atom. The molecular formula is C25H24N2O2. The summed E-state index contributed by atoms with van der Waals surface area (Å²) in [7, 11) is 2.00. The SMILES string of the molecule is CC(C)c1c(C(=O)c2ccc(OCc3ccccc3)cc2)c2ccncc2n1C. The Morgan fingerprint density at radius 1 is 1.03 bits per heavy atom. The van der Waals surface area contributed by atoms with Crippen molar-refractivity contribution < 1.29 is 9.53 Å². The van der Waals surface area contributed by atoms with Gasteiger partial charge in [-0.3, -0.25) is 9.78 Å². The molecule has 4 heteroatoms. The number of hydrogen-bond acceptors (Lipinski definition) is 3. The fraction of sp³-hybridized carbons (Fsp3) is 0.200. The highest BCUT2D eigenvalue weighted by Crippen LogP contribution is 2.32. The minimum Gasteiger partial charge on any atom is -0.489 e. The predicted molar refractivity (Wildman–Crippen MR) is 115 cm³/mol. The molecule has 0 saturated heterocycles. The molecule has 0 amide bonds. The van der Waals surface area contributed by atoms with Gasteiger partial charge >= 0.3 is 0 Å². The van der Waals surface area contributed by atoms with E-state index < -0.39 is 0 Å². The third kappa shape index (κ3) is 3.66. The van der Waals surface area contributed by atoms with E-state index in [1.807, 2.05) is 73.9 Å². The second-order valence-corrected chi connectivity index (χ2v) is 7.49. The summed E-state index contributed by atoms with van der Waals surface area (Å²) in [6, 6.07) is 19.3. The van der Waals surface area contributed by atoms with Crippen LogP contribution >= 0.6 is 0 Å². The molecule has 0 aliphatic carbocycles. The maximum Gasteiger partial charge on any atom is 0.195 e. The zero-order valence-electron chi connectivity index (χ0n) is 16.9. The van der Waals surface area contributed by atoms with Crippen molar-refractivity contribution in [2.24, 2.45) is 7.05 Å². The van der Waals surface area contributed by atoms with Gasteiger partial charge in [0.2, 0.25) is 0 Å². The summed E-state index contributed by atoms with van der Waals surface area (Å²) in [4.78, 5) is 17.6. The van der Waals surface area contributed by atoms with Gasteiger partial charge in [-0.25, -0.2) is 0 Å². The van der Waals surface area contributed by atoms with E-state index in [1.54, 1.807) is 6.20 Å². The lowest BCUT2D eigenvalue weighted by Crippen LogP contribution is -2.08. The number of aryl methyl sites for hydroxylation is 1. The fourth-order valence-electron chi connectivity index (χ4n) is 3.80. The zero-order valence-corrected chi connectivity index (χ0v) is 16.9. The van der Waals surface area contributed by atoms with E-state index in [4.69, 9.17) is 4.74 Å². The summed E-state index contributed by atoms with van der Waals surface area (Å²) in [5.41, 5.74) is 4.53. The molecule has 0 saturated carbocycles. The Balaban J connectivity index is 1.63. The maximum absolute atomic E-state index is 13.4. The van der Waals surface area contributed by atoms with E-state index in [2.05, 4.69) is 23.4 Å². The molecule has 0 fully saturated rings. The molecule has 4 rings (SSSR count). The maximum atomic E-state index is 13.4. The van der Waals surface area contributed by atoms with Crippen molar-refractivity contribution in [1.82, 2.24) is 9.55 Å². The van der Waals surface area contributed by atoms with Crippen molar-refractivity contribution in [3.8, 4) is 5.75 Å². The quantitative estimate of drug-likeness (QED) is 0.412. The lowest BCUT2D eigenvalue weighted by molar-refractivity contribution is 0.103. The second-order valence-electron chi connectivity index (χ2n) is 7.49. The molecule has 0 aliphatic rings. The third-order valence-corrected chi connectivity index (χ3v) is 5.19. The molecule has 2 aromatic heterocycles. The van der Waals surface area contributed by atoms with Crippen LogP contribution in [0.4, 0.5) is 0 Å². The first-order valence-electron chi connectivity index (χ1n) is 9.80. The van der Waals surface area contributed by atoms with Gasteiger partial charge in [0.15, 0.2) is 5.78 Å². The Labute approximate surface area is 170 Å². The van der Waals surface area contributed by atoms with Gasteiger partial charge in [-0.05, 0) is 41.8 Å². The number of carbonyl (C=O) groups is 1. The van der Waals surface area contributed by atoms with Crippen molar-refractivity contribution in [2.75, 3.05) is 0 Å².